The summed E-state index contributed by atoms with van der Waals surface area (Å²) in [5.74, 6) is 2.02. The molecule has 9 heteroatoms. The second-order valence-electron chi connectivity index (χ2n) is 6.70. The Labute approximate surface area is 174 Å². The molecule has 1 N–H and O–H groups in total. The summed E-state index contributed by atoms with van der Waals surface area (Å²) in [4.78, 5) is 21.3. The summed E-state index contributed by atoms with van der Waals surface area (Å²) in [6, 6.07) is 5.27. The molecule has 0 aliphatic rings. The van der Waals surface area contributed by atoms with Gasteiger partial charge in [-0.25, -0.2) is 9.50 Å². The highest BCUT2D eigenvalue weighted by Crippen LogP contribution is 2.29. The van der Waals surface area contributed by atoms with E-state index in [1.54, 1.807) is 18.7 Å². The number of methoxy groups -OCH3 is 2. The standard InChI is InChI=1S/C20H25N5O3S/c1-11-12(2)22-19-23-20(24-25(19)14(11)4)29-10-18(26)21-13(3)16-9-15(27-5)7-8-17(16)28-6/h7-9,13H,10H2,1-6H3,(H,21,26). The maximum atomic E-state index is 12.5. The molecular weight excluding hydrogens is 390 g/mol. The molecule has 2 heterocycles. The van der Waals surface area contributed by atoms with Crippen molar-refractivity contribution < 1.29 is 14.3 Å². The number of thioether (sulfide) groups is 1. The summed E-state index contributed by atoms with van der Waals surface area (Å²) in [6.07, 6.45) is 0. The van der Waals surface area contributed by atoms with E-state index in [-0.39, 0.29) is 17.7 Å². The highest BCUT2D eigenvalue weighted by molar-refractivity contribution is 7.99. The van der Waals surface area contributed by atoms with Crippen LogP contribution in [0.3, 0.4) is 0 Å². The number of nitrogens with zero attached hydrogens (tertiary/aromatic N) is 4. The second kappa shape index (κ2) is 8.69. The third kappa shape index (κ3) is 4.45. The Bertz CT molecular complexity index is 1050. The van der Waals surface area contributed by atoms with Gasteiger partial charge < -0.3 is 14.8 Å². The van der Waals surface area contributed by atoms with Gasteiger partial charge in [-0.15, -0.1) is 5.10 Å². The normalized spacial score (nSPS) is 12.1. The first-order valence-corrected chi connectivity index (χ1v) is 10.2. The van der Waals surface area contributed by atoms with Crippen LogP contribution in [0, 0.1) is 20.8 Å². The Morgan fingerprint density at radius 3 is 2.66 bits per heavy atom. The SMILES string of the molecule is COc1ccc(OC)c(C(C)NC(=O)CSc2nc3nc(C)c(C)c(C)n3n2)c1. The molecule has 29 heavy (non-hydrogen) atoms. The number of nitrogens with one attached hydrogen (secondary N) is 1. The molecule has 3 aromatic rings. The van der Waals surface area contributed by atoms with Crippen molar-refractivity contribution in [3.8, 4) is 11.5 Å². The zero-order valence-electron chi connectivity index (χ0n) is 17.4. The van der Waals surface area contributed by atoms with Crippen molar-refractivity contribution in [2.45, 2.75) is 38.9 Å². The smallest absolute Gasteiger partial charge is 0.253 e. The van der Waals surface area contributed by atoms with Crippen LogP contribution < -0.4 is 14.8 Å². The molecule has 1 amide bonds. The summed E-state index contributed by atoms with van der Waals surface area (Å²) in [5.41, 5.74) is 3.85. The number of aryl methyl sites for hydroxylation is 2. The van der Waals surface area contributed by atoms with Crippen LogP contribution in [0.4, 0.5) is 0 Å². The van der Waals surface area contributed by atoms with Crippen molar-refractivity contribution >= 4 is 23.4 Å². The number of rotatable bonds is 7. The van der Waals surface area contributed by atoms with Gasteiger partial charge in [0, 0.05) is 17.0 Å². The molecule has 0 aliphatic carbocycles. The van der Waals surface area contributed by atoms with Crippen molar-refractivity contribution in [2.24, 2.45) is 0 Å². The quantitative estimate of drug-likeness (QED) is 0.593. The fourth-order valence-electron chi connectivity index (χ4n) is 2.97. The van der Waals surface area contributed by atoms with E-state index in [1.807, 2.05) is 45.9 Å². The Morgan fingerprint density at radius 1 is 1.21 bits per heavy atom. The third-order valence-electron chi connectivity index (χ3n) is 4.85. The predicted octanol–water partition coefficient (Wildman–Crippen LogP) is 3.04. The van der Waals surface area contributed by atoms with Crippen molar-refractivity contribution in [3.05, 3.63) is 40.7 Å². The van der Waals surface area contributed by atoms with Crippen LogP contribution in [0.2, 0.25) is 0 Å². The predicted molar refractivity (Wildman–Crippen MR) is 112 cm³/mol. The van der Waals surface area contributed by atoms with E-state index in [0.717, 1.165) is 22.5 Å². The largest absolute Gasteiger partial charge is 0.497 e. The van der Waals surface area contributed by atoms with Gasteiger partial charge in [-0.3, -0.25) is 4.79 Å². The Kier molecular flexibility index (Phi) is 6.26. The van der Waals surface area contributed by atoms with Crippen LogP contribution in [-0.4, -0.2) is 45.5 Å². The van der Waals surface area contributed by atoms with Crippen molar-refractivity contribution in [2.75, 3.05) is 20.0 Å². The number of aromatic nitrogens is 4. The average Bonchev–Trinajstić information content (AvgIpc) is 3.13. The van der Waals surface area contributed by atoms with Gasteiger partial charge in [-0.1, -0.05) is 11.8 Å². The molecule has 0 fully saturated rings. The maximum absolute atomic E-state index is 12.5. The van der Waals surface area contributed by atoms with Gasteiger partial charge in [0.2, 0.25) is 11.1 Å². The van der Waals surface area contributed by atoms with Crippen LogP contribution in [0.25, 0.3) is 5.78 Å². The molecular formula is C20H25N5O3S. The van der Waals surface area contributed by atoms with Crippen LogP contribution in [0.5, 0.6) is 11.5 Å². The monoisotopic (exact) mass is 415 g/mol. The first-order valence-electron chi connectivity index (χ1n) is 9.18. The van der Waals surface area contributed by atoms with Gasteiger partial charge in [0.15, 0.2) is 0 Å². The minimum atomic E-state index is -0.239. The fraction of sp³-hybridized carbons (Fsp3) is 0.400. The van der Waals surface area contributed by atoms with E-state index < -0.39 is 0 Å². The first-order chi connectivity index (χ1) is 13.8. The third-order valence-corrected chi connectivity index (χ3v) is 5.69. The summed E-state index contributed by atoms with van der Waals surface area (Å²) >= 11 is 1.28. The number of carbonyl (C=O) groups excluding carboxylic acids is 1. The van der Waals surface area contributed by atoms with E-state index in [0.29, 0.717) is 22.4 Å². The lowest BCUT2D eigenvalue weighted by atomic mass is 10.1. The van der Waals surface area contributed by atoms with Gasteiger partial charge in [0.05, 0.1) is 26.0 Å². The van der Waals surface area contributed by atoms with Gasteiger partial charge in [0.1, 0.15) is 11.5 Å². The average molecular weight is 416 g/mol. The first kappa shape index (κ1) is 20.9. The molecule has 1 aromatic carbocycles. The number of hydrogen-bond acceptors (Lipinski definition) is 7. The van der Waals surface area contributed by atoms with Crippen molar-refractivity contribution in [1.82, 2.24) is 24.9 Å². The molecule has 0 spiro atoms. The summed E-state index contributed by atoms with van der Waals surface area (Å²) in [7, 11) is 3.21. The summed E-state index contributed by atoms with van der Waals surface area (Å²) < 4.78 is 12.4. The van der Waals surface area contributed by atoms with Crippen molar-refractivity contribution in [1.29, 1.82) is 0 Å². The number of ether oxygens (including phenoxy) is 2. The van der Waals surface area contributed by atoms with Crippen LogP contribution in [0.1, 0.15) is 35.5 Å². The number of fused-ring (bicyclic) bond motifs is 1. The van der Waals surface area contributed by atoms with Crippen LogP contribution >= 0.6 is 11.8 Å². The highest BCUT2D eigenvalue weighted by atomic mass is 32.2. The van der Waals surface area contributed by atoms with E-state index >= 15 is 0 Å². The zero-order chi connectivity index (χ0) is 21.1. The molecule has 0 bridgehead atoms. The molecule has 3 rings (SSSR count). The second-order valence-corrected chi connectivity index (χ2v) is 7.64. The molecule has 0 saturated carbocycles. The molecule has 0 saturated heterocycles. The lowest BCUT2D eigenvalue weighted by molar-refractivity contribution is -0.119. The van der Waals surface area contributed by atoms with Crippen LogP contribution in [-0.2, 0) is 4.79 Å². The topological polar surface area (TPSA) is 90.6 Å². The lowest BCUT2D eigenvalue weighted by Crippen LogP contribution is -2.28. The number of amides is 1. The van der Waals surface area contributed by atoms with E-state index in [2.05, 4.69) is 20.4 Å². The number of carbonyl (C=O) groups is 1. The van der Waals surface area contributed by atoms with Gasteiger partial charge in [0.25, 0.3) is 5.78 Å². The summed E-state index contributed by atoms with van der Waals surface area (Å²) in [6.45, 7) is 7.84. The highest BCUT2D eigenvalue weighted by Gasteiger charge is 2.17. The zero-order valence-corrected chi connectivity index (χ0v) is 18.3. The van der Waals surface area contributed by atoms with Crippen molar-refractivity contribution in [3.63, 3.8) is 0 Å². The molecule has 1 atom stereocenters. The van der Waals surface area contributed by atoms with E-state index in [4.69, 9.17) is 9.47 Å². The number of benzene rings is 1. The molecule has 0 aliphatic heterocycles. The van der Waals surface area contributed by atoms with E-state index in [1.165, 1.54) is 11.8 Å². The molecule has 2 aromatic heterocycles. The van der Waals surface area contributed by atoms with Gasteiger partial charge in [-0.05, 0) is 51.5 Å². The molecule has 154 valence electrons. The van der Waals surface area contributed by atoms with Gasteiger partial charge >= 0.3 is 0 Å². The number of hydrogen-bond donors (Lipinski definition) is 1. The summed E-state index contributed by atoms with van der Waals surface area (Å²) in [5, 5.41) is 7.97. The molecule has 1 unspecified atom stereocenters. The Morgan fingerprint density at radius 2 is 1.97 bits per heavy atom. The van der Waals surface area contributed by atoms with E-state index in [9.17, 15) is 4.79 Å². The van der Waals surface area contributed by atoms with Gasteiger partial charge in [-0.2, -0.15) is 4.98 Å². The maximum Gasteiger partial charge on any atom is 0.253 e. The fourth-order valence-corrected chi connectivity index (χ4v) is 3.60. The lowest BCUT2D eigenvalue weighted by Gasteiger charge is -2.18. The Hall–Kier alpha value is -2.81. The van der Waals surface area contributed by atoms with Crippen LogP contribution in [0.15, 0.2) is 23.4 Å². The minimum Gasteiger partial charge on any atom is -0.497 e. The molecule has 0 radical (unpaired) electrons. The Balaban J connectivity index is 1.67. The minimum absolute atomic E-state index is 0.122. The molecule has 8 nitrogen and oxygen atoms in total.